The summed E-state index contributed by atoms with van der Waals surface area (Å²) in [5.41, 5.74) is 0. The van der Waals surface area contributed by atoms with E-state index in [9.17, 15) is 0 Å². The zero-order valence-electron chi connectivity index (χ0n) is 16.6. The lowest BCUT2D eigenvalue weighted by atomic mass is 10.1. The Balaban J connectivity index is 1.81. The Labute approximate surface area is 158 Å². The van der Waals surface area contributed by atoms with Crippen LogP contribution in [0.25, 0.3) is 0 Å². The third-order valence-corrected chi connectivity index (χ3v) is 4.60. The fourth-order valence-corrected chi connectivity index (χ4v) is 3.11. The maximum Gasteiger partial charge on any atom is 0.191 e. The average molecular weight is 363 g/mol. The Hall–Kier alpha value is -1.95. The van der Waals surface area contributed by atoms with Crippen LogP contribution in [0, 0.1) is 5.92 Å². The Bertz CT molecular complexity index is 564. The Morgan fingerprint density at radius 3 is 2.81 bits per heavy atom. The van der Waals surface area contributed by atoms with E-state index in [0.29, 0.717) is 12.5 Å². The molecule has 0 aliphatic carbocycles. The lowest BCUT2D eigenvalue weighted by molar-refractivity contribution is 0.229. The molecule has 6 nitrogen and oxygen atoms in total. The summed E-state index contributed by atoms with van der Waals surface area (Å²) in [5.74, 6) is 3.16. The lowest BCUT2D eigenvalue weighted by Gasteiger charge is -2.17. The van der Waals surface area contributed by atoms with E-state index in [0.717, 1.165) is 37.1 Å². The molecule has 1 fully saturated rings. The molecule has 1 aliphatic rings. The van der Waals surface area contributed by atoms with Gasteiger partial charge in [0.2, 0.25) is 0 Å². The van der Waals surface area contributed by atoms with Crippen molar-refractivity contribution in [2.75, 3.05) is 46.4 Å². The third kappa shape index (κ3) is 6.75. The first-order valence-electron chi connectivity index (χ1n) is 9.69. The summed E-state index contributed by atoms with van der Waals surface area (Å²) in [7, 11) is 1.66. The molecule has 2 N–H and O–H groups in total. The van der Waals surface area contributed by atoms with Gasteiger partial charge >= 0.3 is 0 Å². The third-order valence-electron chi connectivity index (χ3n) is 4.60. The second-order valence-electron chi connectivity index (χ2n) is 6.76. The number of methoxy groups -OCH3 is 1. The first kappa shape index (κ1) is 20.4. The van der Waals surface area contributed by atoms with Crippen LogP contribution in [-0.2, 0) is 0 Å². The van der Waals surface area contributed by atoms with E-state index in [1.165, 1.54) is 19.5 Å². The van der Waals surface area contributed by atoms with Crippen molar-refractivity contribution in [2.24, 2.45) is 10.9 Å². The number of nitrogens with one attached hydrogen (secondary N) is 2. The first-order valence-corrected chi connectivity index (χ1v) is 9.69. The van der Waals surface area contributed by atoms with Crippen LogP contribution >= 0.6 is 0 Å². The standard InChI is InChI=1S/C20H34N4O2/c1-5-21-20(23-14-17-10-11-24(6-2)15-17)22-13-16(3)26-19-9-7-8-18(12-19)25-4/h7-9,12,16-17H,5-6,10-11,13-15H2,1-4H3,(H2,21,22,23). The van der Waals surface area contributed by atoms with Crippen LogP contribution in [0.3, 0.4) is 0 Å². The quantitative estimate of drug-likeness (QED) is 0.522. The minimum atomic E-state index is -0.0142. The number of aliphatic imine (C=N–C) groups is 1. The van der Waals surface area contributed by atoms with Crippen molar-refractivity contribution in [3.05, 3.63) is 24.3 Å². The SMILES string of the molecule is CCNC(=NCC(C)Oc1cccc(OC)c1)NCC1CCN(CC)C1. The summed E-state index contributed by atoms with van der Waals surface area (Å²) in [6, 6.07) is 7.66. The fourth-order valence-electron chi connectivity index (χ4n) is 3.11. The highest BCUT2D eigenvalue weighted by Gasteiger charge is 2.21. The zero-order chi connectivity index (χ0) is 18.8. The smallest absolute Gasteiger partial charge is 0.191 e. The normalized spacial score (nSPS) is 19.2. The van der Waals surface area contributed by atoms with Crippen LogP contribution in [0.15, 0.2) is 29.3 Å². The fraction of sp³-hybridized carbons (Fsp3) is 0.650. The molecule has 0 amide bonds. The summed E-state index contributed by atoms with van der Waals surface area (Å²) < 4.78 is 11.2. The van der Waals surface area contributed by atoms with E-state index in [4.69, 9.17) is 9.47 Å². The number of ether oxygens (including phenoxy) is 2. The topological polar surface area (TPSA) is 58.1 Å². The number of nitrogens with zero attached hydrogens (tertiary/aromatic N) is 2. The van der Waals surface area contributed by atoms with E-state index in [1.54, 1.807) is 7.11 Å². The van der Waals surface area contributed by atoms with Gasteiger partial charge in [-0.25, -0.2) is 4.99 Å². The van der Waals surface area contributed by atoms with Crippen molar-refractivity contribution in [1.29, 1.82) is 0 Å². The van der Waals surface area contributed by atoms with E-state index < -0.39 is 0 Å². The maximum absolute atomic E-state index is 5.94. The molecule has 0 spiro atoms. The van der Waals surface area contributed by atoms with Gasteiger partial charge in [-0.15, -0.1) is 0 Å². The number of benzene rings is 1. The van der Waals surface area contributed by atoms with Gasteiger partial charge in [-0.2, -0.15) is 0 Å². The average Bonchev–Trinajstić information content (AvgIpc) is 3.12. The van der Waals surface area contributed by atoms with Crippen molar-refractivity contribution < 1.29 is 9.47 Å². The second kappa shape index (κ2) is 10.9. The predicted molar refractivity (Wildman–Crippen MR) is 107 cm³/mol. The molecular formula is C20H34N4O2. The van der Waals surface area contributed by atoms with Gasteiger partial charge < -0.3 is 25.0 Å². The minimum Gasteiger partial charge on any atom is -0.497 e. The van der Waals surface area contributed by atoms with Gasteiger partial charge in [0.05, 0.1) is 13.7 Å². The summed E-state index contributed by atoms with van der Waals surface area (Å²) in [6.45, 7) is 12.3. The second-order valence-corrected chi connectivity index (χ2v) is 6.76. The predicted octanol–water partition coefficient (Wildman–Crippen LogP) is 2.36. The Kier molecular flexibility index (Phi) is 8.54. The van der Waals surface area contributed by atoms with Gasteiger partial charge in [0.15, 0.2) is 5.96 Å². The van der Waals surface area contributed by atoms with Crippen LogP contribution in [0.4, 0.5) is 0 Å². The molecule has 2 atom stereocenters. The first-order chi connectivity index (χ1) is 12.6. The number of hydrogen-bond acceptors (Lipinski definition) is 4. The highest BCUT2D eigenvalue weighted by atomic mass is 16.5. The molecule has 146 valence electrons. The van der Waals surface area contributed by atoms with E-state index in [1.807, 2.05) is 31.2 Å². The maximum atomic E-state index is 5.94. The van der Waals surface area contributed by atoms with Crippen LogP contribution in [-0.4, -0.2) is 63.3 Å². The van der Waals surface area contributed by atoms with Crippen LogP contribution in [0.5, 0.6) is 11.5 Å². The molecule has 0 saturated carbocycles. The van der Waals surface area contributed by atoms with E-state index in [-0.39, 0.29) is 6.10 Å². The van der Waals surface area contributed by atoms with E-state index in [2.05, 4.69) is 34.4 Å². The molecular weight excluding hydrogens is 328 g/mol. The van der Waals surface area contributed by atoms with Crippen molar-refractivity contribution >= 4 is 5.96 Å². The van der Waals surface area contributed by atoms with Crippen LogP contribution in [0.1, 0.15) is 27.2 Å². The lowest BCUT2D eigenvalue weighted by Crippen LogP contribution is -2.41. The molecule has 1 heterocycles. The van der Waals surface area contributed by atoms with Crippen molar-refractivity contribution in [2.45, 2.75) is 33.3 Å². The van der Waals surface area contributed by atoms with Gasteiger partial charge in [0.1, 0.15) is 17.6 Å². The number of rotatable bonds is 9. The van der Waals surface area contributed by atoms with Gasteiger partial charge in [-0.3, -0.25) is 0 Å². The molecule has 1 saturated heterocycles. The van der Waals surface area contributed by atoms with Crippen LogP contribution in [0.2, 0.25) is 0 Å². The van der Waals surface area contributed by atoms with Gasteiger partial charge in [0, 0.05) is 25.7 Å². The summed E-state index contributed by atoms with van der Waals surface area (Å²) >= 11 is 0. The van der Waals surface area contributed by atoms with Crippen LogP contribution < -0.4 is 20.1 Å². The number of guanidine groups is 1. The highest BCUT2D eigenvalue weighted by molar-refractivity contribution is 5.79. The number of hydrogen-bond donors (Lipinski definition) is 2. The Morgan fingerprint density at radius 1 is 1.31 bits per heavy atom. The van der Waals surface area contributed by atoms with Gasteiger partial charge in [-0.1, -0.05) is 13.0 Å². The largest absolute Gasteiger partial charge is 0.497 e. The summed E-state index contributed by atoms with van der Waals surface area (Å²) in [4.78, 5) is 7.18. The molecule has 0 radical (unpaired) electrons. The zero-order valence-corrected chi connectivity index (χ0v) is 16.6. The van der Waals surface area contributed by atoms with Gasteiger partial charge in [0.25, 0.3) is 0 Å². The molecule has 26 heavy (non-hydrogen) atoms. The molecule has 6 heteroatoms. The molecule has 0 bridgehead atoms. The monoisotopic (exact) mass is 362 g/mol. The van der Waals surface area contributed by atoms with Crippen molar-refractivity contribution in [3.63, 3.8) is 0 Å². The molecule has 2 rings (SSSR count). The highest BCUT2D eigenvalue weighted by Crippen LogP contribution is 2.20. The summed E-state index contributed by atoms with van der Waals surface area (Å²) in [6.07, 6.45) is 1.25. The minimum absolute atomic E-state index is 0.0142. The van der Waals surface area contributed by atoms with Gasteiger partial charge in [-0.05, 0) is 51.4 Å². The van der Waals surface area contributed by atoms with Crippen molar-refractivity contribution in [1.82, 2.24) is 15.5 Å². The summed E-state index contributed by atoms with van der Waals surface area (Å²) in [5, 5.41) is 6.80. The van der Waals surface area contributed by atoms with Crippen molar-refractivity contribution in [3.8, 4) is 11.5 Å². The molecule has 1 aromatic carbocycles. The molecule has 1 aromatic rings. The molecule has 0 aromatic heterocycles. The van der Waals surface area contributed by atoms with E-state index >= 15 is 0 Å². The number of likely N-dealkylation sites (tertiary alicyclic amines) is 1. The molecule has 2 unspecified atom stereocenters. The molecule has 1 aliphatic heterocycles. The Morgan fingerprint density at radius 2 is 2.12 bits per heavy atom.